The number of rotatable bonds is 6. The number of nitrogens with one attached hydrogen (secondary N) is 3. The summed E-state index contributed by atoms with van der Waals surface area (Å²) in [6.07, 6.45) is 3.25. The number of aliphatic hydroxyl groups is 1. The smallest absolute Gasteiger partial charge is 0.256 e. The van der Waals surface area contributed by atoms with Crippen molar-refractivity contribution >= 4 is 39.5 Å². The van der Waals surface area contributed by atoms with E-state index in [1.807, 2.05) is 30.8 Å². The lowest BCUT2D eigenvalue weighted by atomic mass is 10.1. The van der Waals surface area contributed by atoms with Crippen molar-refractivity contribution in [2.45, 2.75) is 39.8 Å². The van der Waals surface area contributed by atoms with E-state index in [2.05, 4.69) is 51.5 Å². The van der Waals surface area contributed by atoms with Crippen LogP contribution in [0.3, 0.4) is 0 Å². The summed E-state index contributed by atoms with van der Waals surface area (Å²) >= 11 is 0. The largest absolute Gasteiger partial charge is 0.394 e. The zero-order valence-electron chi connectivity index (χ0n) is 20.9. The molecule has 5 rings (SSSR count). The lowest BCUT2D eigenvalue weighted by Crippen LogP contribution is -2.23. The van der Waals surface area contributed by atoms with Crippen LogP contribution in [0, 0.1) is 6.92 Å². The zero-order valence-corrected chi connectivity index (χ0v) is 20.9. The lowest BCUT2D eigenvalue weighted by molar-refractivity contribution is 0.102. The number of anilines is 2. The predicted octanol–water partition coefficient (Wildman–Crippen LogP) is 3.52. The van der Waals surface area contributed by atoms with Gasteiger partial charge in [0.25, 0.3) is 5.91 Å². The molecule has 1 aromatic carbocycles. The number of aromatic nitrogens is 7. The number of benzene rings is 1. The van der Waals surface area contributed by atoms with Crippen molar-refractivity contribution in [3.05, 3.63) is 47.9 Å². The fraction of sp³-hybridized carbons (Fsp3) is 0.320. The Morgan fingerprint density at radius 3 is 2.69 bits per heavy atom. The summed E-state index contributed by atoms with van der Waals surface area (Å²) in [6.45, 7) is 8.63. The van der Waals surface area contributed by atoms with Crippen molar-refractivity contribution in [2.75, 3.05) is 24.3 Å². The van der Waals surface area contributed by atoms with Crippen LogP contribution in [0.5, 0.6) is 0 Å². The molecule has 186 valence electrons. The van der Waals surface area contributed by atoms with Crippen LogP contribution < -0.4 is 10.6 Å². The number of amides is 1. The molecule has 0 aliphatic heterocycles. The van der Waals surface area contributed by atoms with Crippen LogP contribution in [0.25, 0.3) is 33.3 Å². The second-order valence-electron chi connectivity index (χ2n) is 9.63. The van der Waals surface area contributed by atoms with E-state index in [1.54, 1.807) is 23.0 Å². The molecule has 4 heterocycles. The van der Waals surface area contributed by atoms with Gasteiger partial charge in [0.2, 0.25) is 0 Å². The first kappa shape index (κ1) is 23.5. The third kappa shape index (κ3) is 3.97. The van der Waals surface area contributed by atoms with E-state index in [-0.39, 0.29) is 18.1 Å². The summed E-state index contributed by atoms with van der Waals surface area (Å²) in [5.41, 5.74) is 4.40. The Balaban J connectivity index is 1.57. The zero-order chi connectivity index (χ0) is 25.6. The minimum absolute atomic E-state index is 0.0224. The van der Waals surface area contributed by atoms with Crippen LogP contribution in [0.15, 0.2) is 36.8 Å². The number of aromatic amines is 1. The standard InChI is InChI=1S/C25H29N9O2/c1-14-16-7-6-15(24(36)30-18-8-9-33(31-18)10-11-35)12-17(16)29-20(14)21-19-22(26-5)27-13-28-23(19)34(32-21)25(2,3)4/h6-9,12-13,29,35H,10-11H2,1-5H3,(H,26,27,28)(H,30,31,36). The molecule has 0 radical (unpaired) electrons. The Morgan fingerprint density at radius 1 is 1.17 bits per heavy atom. The molecule has 11 heteroatoms. The molecular formula is C25H29N9O2. The molecule has 4 N–H and O–H groups in total. The maximum Gasteiger partial charge on any atom is 0.256 e. The molecule has 5 aromatic rings. The Morgan fingerprint density at radius 2 is 1.97 bits per heavy atom. The van der Waals surface area contributed by atoms with Gasteiger partial charge in [0.1, 0.15) is 17.8 Å². The van der Waals surface area contributed by atoms with E-state index in [4.69, 9.17) is 10.2 Å². The van der Waals surface area contributed by atoms with Crippen molar-refractivity contribution in [3.63, 3.8) is 0 Å². The molecular weight excluding hydrogens is 458 g/mol. The summed E-state index contributed by atoms with van der Waals surface area (Å²) in [5, 5.41) is 26.1. The highest BCUT2D eigenvalue weighted by molar-refractivity contribution is 6.07. The SMILES string of the molecule is CNc1ncnc2c1c(-c1[nH]c3cc(C(=O)Nc4ccn(CCO)n4)ccc3c1C)nn2C(C)(C)C. The summed E-state index contributed by atoms with van der Waals surface area (Å²) in [6, 6.07) is 7.24. The van der Waals surface area contributed by atoms with E-state index in [1.165, 1.54) is 6.33 Å². The fourth-order valence-corrected chi connectivity index (χ4v) is 4.34. The lowest BCUT2D eigenvalue weighted by Gasteiger charge is -2.19. The summed E-state index contributed by atoms with van der Waals surface area (Å²) in [7, 11) is 1.83. The number of fused-ring (bicyclic) bond motifs is 2. The number of hydrogen-bond acceptors (Lipinski definition) is 7. The van der Waals surface area contributed by atoms with Crippen molar-refractivity contribution in [1.29, 1.82) is 0 Å². The molecule has 0 aliphatic carbocycles. The van der Waals surface area contributed by atoms with E-state index >= 15 is 0 Å². The van der Waals surface area contributed by atoms with Gasteiger partial charge in [-0.1, -0.05) is 6.07 Å². The molecule has 0 spiro atoms. The molecule has 0 saturated heterocycles. The van der Waals surface area contributed by atoms with Crippen molar-refractivity contribution in [1.82, 2.24) is 34.5 Å². The normalized spacial score (nSPS) is 11.9. The molecule has 0 saturated carbocycles. The average Bonchev–Trinajstić information content (AvgIpc) is 3.54. The van der Waals surface area contributed by atoms with E-state index in [0.717, 1.165) is 38.9 Å². The van der Waals surface area contributed by atoms with E-state index in [9.17, 15) is 4.79 Å². The number of aliphatic hydroxyl groups excluding tert-OH is 1. The highest BCUT2D eigenvalue weighted by Gasteiger charge is 2.26. The van der Waals surface area contributed by atoms with Gasteiger partial charge in [0.05, 0.1) is 29.8 Å². The van der Waals surface area contributed by atoms with Gasteiger partial charge in [-0.05, 0) is 45.4 Å². The van der Waals surface area contributed by atoms with Crippen molar-refractivity contribution < 1.29 is 9.90 Å². The van der Waals surface area contributed by atoms with Gasteiger partial charge in [-0.15, -0.1) is 0 Å². The first-order valence-electron chi connectivity index (χ1n) is 11.7. The van der Waals surface area contributed by atoms with Crippen LogP contribution in [0.4, 0.5) is 11.6 Å². The number of hydrogen-bond donors (Lipinski definition) is 4. The molecule has 11 nitrogen and oxygen atoms in total. The summed E-state index contributed by atoms with van der Waals surface area (Å²) < 4.78 is 3.49. The minimum atomic E-state index is -0.287. The fourth-order valence-electron chi connectivity index (χ4n) is 4.34. The Kier molecular flexibility index (Phi) is 5.71. The van der Waals surface area contributed by atoms with E-state index in [0.29, 0.717) is 23.7 Å². The minimum Gasteiger partial charge on any atom is -0.394 e. The first-order valence-corrected chi connectivity index (χ1v) is 11.7. The quantitative estimate of drug-likeness (QED) is 0.287. The highest BCUT2D eigenvalue weighted by Crippen LogP contribution is 2.37. The second-order valence-corrected chi connectivity index (χ2v) is 9.63. The average molecular weight is 488 g/mol. The maximum absolute atomic E-state index is 12.9. The van der Waals surface area contributed by atoms with Gasteiger partial charge >= 0.3 is 0 Å². The third-order valence-corrected chi connectivity index (χ3v) is 6.11. The van der Waals surface area contributed by atoms with Crippen LogP contribution >= 0.6 is 0 Å². The predicted molar refractivity (Wildman–Crippen MR) is 139 cm³/mol. The number of nitrogens with zero attached hydrogens (tertiary/aromatic N) is 6. The van der Waals surface area contributed by atoms with Crippen LogP contribution in [0.1, 0.15) is 36.7 Å². The molecule has 0 aliphatic rings. The van der Waals surface area contributed by atoms with Gasteiger partial charge in [0.15, 0.2) is 11.5 Å². The summed E-state index contributed by atoms with van der Waals surface area (Å²) in [5.74, 6) is 0.855. The molecule has 0 fully saturated rings. The van der Waals surface area contributed by atoms with Crippen LogP contribution in [-0.2, 0) is 12.1 Å². The van der Waals surface area contributed by atoms with Gasteiger partial charge in [-0.25, -0.2) is 14.6 Å². The number of carbonyl (C=O) groups excluding carboxylic acids is 1. The van der Waals surface area contributed by atoms with Crippen molar-refractivity contribution in [2.24, 2.45) is 0 Å². The summed E-state index contributed by atoms with van der Waals surface area (Å²) in [4.78, 5) is 25.3. The van der Waals surface area contributed by atoms with Crippen LogP contribution in [-0.4, -0.2) is 59.2 Å². The number of H-pyrrole nitrogens is 1. The third-order valence-electron chi connectivity index (χ3n) is 6.11. The van der Waals surface area contributed by atoms with Gasteiger partial charge in [0, 0.05) is 35.8 Å². The van der Waals surface area contributed by atoms with E-state index < -0.39 is 0 Å². The molecule has 0 bridgehead atoms. The second kappa shape index (κ2) is 8.76. The number of carbonyl (C=O) groups is 1. The Bertz CT molecular complexity index is 1590. The first-order chi connectivity index (χ1) is 17.2. The molecule has 36 heavy (non-hydrogen) atoms. The van der Waals surface area contributed by atoms with Crippen molar-refractivity contribution in [3.8, 4) is 11.4 Å². The Hall–Kier alpha value is -4.25. The Labute approximate surface area is 207 Å². The monoisotopic (exact) mass is 487 g/mol. The molecule has 4 aromatic heterocycles. The highest BCUT2D eigenvalue weighted by atomic mass is 16.3. The molecule has 0 atom stereocenters. The van der Waals surface area contributed by atoms with Gasteiger partial charge in [-0.3, -0.25) is 9.48 Å². The maximum atomic E-state index is 12.9. The van der Waals surface area contributed by atoms with Gasteiger partial charge in [-0.2, -0.15) is 10.2 Å². The molecule has 1 amide bonds. The van der Waals surface area contributed by atoms with Crippen LogP contribution in [0.2, 0.25) is 0 Å². The number of aryl methyl sites for hydroxylation is 1. The topological polar surface area (TPSA) is 139 Å². The molecule has 0 unspecified atom stereocenters. The van der Waals surface area contributed by atoms with Gasteiger partial charge < -0.3 is 20.7 Å².